The molecule has 0 unspecified atom stereocenters. The van der Waals surface area contributed by atoms with Gasteiger partial charge in [-0.1, -0.05) is 22.7 Å². The van der Waals surface area contributed by atoms with E-state index in [1.165, 1.54) is 34.8 Å². The fourth-order valence-electron chi connectivity index (χ4n) is 4.11. The predicted octanol–water partition coefficient (Wildman–Crippen LogP) is 6.09. The maximum absolute atomic E-state index is 12.6. The second-order valence-electron chi connectivity index (χ2n) is 9.49. The summed E-state index contributed by atoms with van der Waals surface area (Å²) in [5, 5.41) is 16.9. The average Bonchev–Trinajstić information content (AvgIpc) is 3.41. The molecular weight excluding hydrogens is 601 g/mol. The van der Waals surface area contributed by atoms with Crippen molar-refractivity contribution in [1.29, 1.82) is 0 Å². The first-order valence-electron chi connectivity index (χ1n) is 12.1. The highest BCUT2D eigenvalue weighted by atomic mass is 35.5. The summed E-state index contributed by atoms with van der Waals surface area (Å²) < 4.78 is 78.8. The Morgan fingerprint density at radius 3 is 1.62 bits per heavy atom. The molecule has 2 aromatic heterocycles. The Bertz CT molecular complexity index is 1490. The molecule has 7 nitrogen and oxygen atoms in total. The Kier molecular flexibility index (Phi) is 8.11. The highest BCUT2D eigenvalue weighted by Crippen LogP contribution is 2.36. The molecule has 214 valence electrons. The number of rotatable bonds is 5. The number of fused-ring (bicyclic) bond motifs is 2. The SMILES string of the molecule is CB(O)N1CC(Nc2nc3cc(C(F)(F)F)ccc3s2)C1.FC(F)(F)c1ccc2sc(NC3CN(Cl)C3)nc2c1. The summed E-state index contributed by atoms with van der Waals surface area (Å²) in [6.07, 6.45) is -8.68. The predicted molar refractivity (Wildman–Crippen MR) is 147 cm³/mol. The van der Waals surface area contributed by atoms with Crippen LogP contribution in [0.15, 0.2) is 36.4 Å². The van der Waals surface area contributed by atoms with Crippen LogP contribution in [-0.2, 0) is 12.4 Å². The molecule has 2 fully saturated rings. The zero-order chi connectivity index (χ0) is 28.8. The number of nitrogens with one attached hydrogen (secondary N) is 2. The van der Waals surface area contributed by atoms with Crippen LogP contribution < -0.4 is 10.6 Å². The lowest BCUT2D eigenvalue weighted by Gasteiger charge is -2.40. The topological polar surface area (TPSA) is 76.6 Å². The van der Waals surface area contributed by atoms with E-state index in [0.717, 1.165) is 33.7 Å². The first-order valence-corrected chi connectivity index (χ1v) is 14.0. The molecule has 0 aliphatic carbocycles. The zero-order valence-corrected chi connectivity index (χ0v) is 23.1. The number of hydrogen-bond donors (Lipinski definition) is 3. The van der Waals surface area contributed by atoms with E-state index in [0.29, 0.717) is 47.5 Å². The zero-order valence-electron chi connectivity index (χ0n) is 20.7. The molecule has 2 aromatic carbocycles. The summed E-state index contributed by atoms with van der Waals surface area (Å²) in [5.41, 5.74) is -0.642. The minimum Gasteiger partial charge on any atom is -0.437 e. The third-order valence-electron chi connectivity index (χ3n) is 6.36. The van der Waals surface area contributed by atoms with Crippen LogP contribution in [0.2, 0.25) is 6.82 Å². The van der Waals surface area contributed by atoms with Crippen LogP contribution >= 0.6 is 34.5 Å². The van der Waals surface area contributed by atoms with Crippen molar-refractivity contribution in [3.8, 4) is 0 Å². The Morgan fingerprint density at radius 2 is 1.25 bits per heavy atom. The van der Waals surface area contributed by atoms with Crippen LogP contribution in [-0.4, -0.2) is 69.5 Å². The minimum absolute atomic E-state index is 0.169. The number of hydrogen-bond acceptors (Lipinski definition) is 9. The Balaban J connectivity index is 0.000000162. The Labute approximate surface area is 238 Å². The minimum atomic E-state index is -4.35. The van der Waals surface area contributed by atoms with Crippen molar-refractivity contribution in [2.75, 3.05) is 36.8 Å². The molecule has 0 saturated carbocycles. The average molecular weight is 623 g/mol. The number of benzene rings is 2. The summed E-state index contributed by atoms with van der Waals surface area (Å²) in [4.78, 5) is 10.3. The van der Waals surface area contributed by atoms with Gasteiger partial charge in [0.25, 0.3) is 0 Å². The fourth-order valence-corrected chi connectivity index (χ4v) is 6.28. The second-order valence-corrected chi connectivity index (χ2v) is 12.0. The molecular formula is C23H22BClF6N6OS2. The van der Waals surface area contributed by atoms with Gasteiger partial charge in [0.2, 0.25) is 0 Å². The molecule has 4 aromatic rings. The van der Waals surface area contributed by atoms with Gasteiger partial charge in [-0.25, -0.2) is 14.4 Å². The van der Waals surface area contributed by atoms with Gasteiger partial charge >= 0.3 is 19.4 Å². The van der Waals surface area contributed by atoms with Crippen molar-refractivity contribution in [3.05, 3.63) is 47.5 Å². The van der Waals surface area contributed by atoms with Crippen molar-refractivity contribution >= 4 is 72.2 Å². The summed E-state index contributed by atoms with van der Waals surface area (Å²) in [7, 11) is -0.479. The molecule has 2 aliphatic rings. The van der Waals surface area contributed by atoms with Crippen LogP contribution in [0.1, 0.15) is 11.1 Å². The van der Waals surface area contributed by atoms with Crippen molar-refractivity contribution in [3.63, 3.8) is 0 Å². The first kappa shape index (κ1) is 29.1. The molecule has 3 N–H and O–H groups in total. The second kappa shape index (κ2) is 11.1. The lowest BCUT2D eigenvalue weighted by Crippen LogP contribution is -2.59. The summed E-state index contributed by atoms with van der Waals surface area (Å²) in [6, 6.07) is 7.57. The van der Waals surface area contributed by atoms with Gasteiger partial charge in [-0.2, -0.15) is 26.3 Å². The molecule has 0 radical (unpaired) electrons. The number of alkyl halides is 6. The van der Waals surface area contributed by atoms with Gasteiger partial charge in [-0.3, -0.25) is 0 Å². The standard InChI is InChI=1S/C12H13BF3N3OS.C11H9ClF3N3S/c1-13(20)19-5-8(6-19)17-11-18-9-4-7(12(14,15)16)2-3-10(9)21-11;12-18-4-7(5-18)16-10-17-8-3-6(11(13,14)15)1-2-9(8)19-10/h2-4,8,20H,5-6H2,1H3,(H,17,18);1-3,7H,4-5H2,(H,16,17). The van der Waals surface area contributed by atoms with Gasteiger partial charge in [0.05, 0.1) is 43.6 Å². The lowest BCUT2D eigenvalue weighted by molar-refractivity contribution is -0.138. The molecule has 0 amide bonds. The van der Waals surface area contributed by atoms with E-state index >= 15 is 0 Å². The number of thiazole rings is 2. The number of nitrogens with zero attached hydrogens (tertiary/aromatic N) is 4. The van der Waals surface area contributed by atoms with E-state index in [1.807, 2.05) is 4.81 Å². The molecule has 17 heteroatoms. The maximum Gasteiger partial charge on any atom is 0.416 e. The maximum atomic E-state index is 12.6. The normalized spacial score (nSPS) is 17.3. The van der Waals surface area contributed by atoms with Crippen LogP contribution in [0, 0.1) is 0 Å². The van der Waals surface area contributed by atoms with Crippen molar-refractivity contribution in [2.45, 2.75) is 31.3 Å². The molecule has 2 saturated heterocycles. The van der Waals surface area contributed by atoms with Crippen LogP contribution in [0.4, 0.5) is 36.6 Å². The van der Waals surface area contributed by atoms with Crippen molar-refractivity contribution < 1.29 is 31.4 Å². The van der Waals surface area contributed by atoms with Gasteiger partial charge in [0, 0.05) is 26.2 Å². The fraction of sp³-hybridized carbons (Fsp3) is 0.391. The van der Waals surface area contributed by atoms with E-state index in [4.69, 9.17) is 11.8 Å². The van der Waals surface area contributed by atoms with E-state index in [1.54, 1.807) is 11.2 Å². The highest BCUT2D eigenvalue weighted by molar-refractivity contribution is 7.22. The van der Waals surface area contributed by atoms with E-state index in [2.05, 4.69) is 20.6 Å². The summed E-state index contributed by atoms with van der Waals surface area (Å²) in [6.45, 7) is 4.49. The molecule has 0 spiro atoms. The van der Waals surface area contributed by atoms with Crippen molar-refractivity contribution in [2.24, 2.45) is 0 Å². The Morgan fingerprint density at radius 1 is 0.825 bits per heavy atom. The monoisotopic (exact) mass is 622 g/mol. The summed E-state index contributed by atoms with van der Waals surface area (Å²) >= 11 is 8.39. The molecule has 0 bridgehead atoms. The molecule has 4 heterocycles. The third kappa shape index (κ3) is 6.74. The van der Waals surface area contributed by atoms with Crippen LogP contribution in [0.3, 0.4) is 0 Å². The van der Waals surface area contributed by atoms with Gasteiger partial charge in [-0.05, 0) is 55.0 Å². The number of aromatic nitrogens is 2. The Hall–Kier alpha value is -2.37. The van der Waals surface area contributed by atoms with Gasteiger partial charge in [0.1, 0.15) is 0 Å². The van der Waals surface area contributed by atoms with E-state index < -0.39 is 30.5 Å². The quantitative estimate of drug-likeness (QED) is 0.141. The van der Waals surface area contributed by atoms with Gasteiger partial charge in [0.15, 0.2) is 10.3 Å². The van der Waals surface area contributed by atoms with Crippen LogP contribution in [0.25, 0.3) is 20.4 Å². The van der Waals surface area contributed by atoms with Crippen LogP contribution in [0.5, 0.6) is 0 Å². The highest BCUT2D eigenvalue weighted by Gasteiger charge is 2.33. The van der Waals surface area contributed by atoms with Gasteiger partial charge < -0.3 is 20.5 Å². The molecule has 2 aliphatic heterocycles. The number of halogens is 7. The smallest absolute Gasteiger partial charge is 0.416 e. The molecule has 40 heavy (non-hydrogen) atoms. The van der Waals surface area contributed by atoms with E-state index in [9.17, 15) is 31.4 Å². The summed E-state index contributed by atoms with van der Waals surface area (Å²) in [5.74, 6) is 0. The van der Waals surface area contributed by atoms with Crippen molar-refractivity contribution in [1.82, 2.24) is 19.2 Å². The first-order chi connectivity index (χ1) is 18.7. The third-order valence-corrected chi connectivity index (χ3v) is 8.57. The molecule has 6 rings (SSSR count). The molecule has 0 atom stereocenters. The lowest BCUT2D eigenvalue weighted by atomic mass is 9.80. The van der Waals surface area contributed by atoms with E-state index in [-0.39, 0.29) is 12.1 Å². The number of anilines is 2. The largest absolute Gasteiger partial charge is 0.437 e. The van der Waals surface area contributed by atoms with Gasteiger partial charge in [-0.15, -0.1) is 0 Å².